The first-order valence-electron chi connectivity index (χ1n) is 12.8. The van der Waals surface area contributed by atoms with E-state index in [9.17, 15) is 22.8 Å². The number of amides is 1. The molecule has 0 saturated carbocycles. The first-order chi connectivity index (χ1) is 17.8. The van der Waals surface area contributed by atoms with Crippen molar-refractivity contribution < 1.29 is 27.4 Å². The first kappa shape index (κ1) is 26.9. The summed E-state index contributed by atoms with van der Waals surface area (Å²) < 4.78 is 51.0. The molecule has 1 saturated heterocycles. The molecule has 206 valence electrons. The van der Waals surface area contributed by atoms with Crippen LogP contribution >= 0.6 is 11.6 Å². The van der Waals surface area contributed by atoms with Crippen LogP contribution in [0.4, 0.5) is 13.2 Å². The highest BCUT2D eigenvalue weighted by Gasteiger charge is 2.49. The number of pyridine rings is 1. The third kappa shape index (κ3) is 4.77. The predicted octanol–water partition coefficient (Wildman–Crippen LogP) is 4.91. The maximum Gasteiger partial charge on any atom is 0.401 e. The van der Waals surface area contributed by atoms with Crippen molar-refractivity contribution >= 4 is 17.5 Å². The number of hydrogen-bond acceptors (Lipinski definition) is 5. The average molecular weight is 554 g/mol. The summed E-state index contributed by atoms with van der Waals surface area (Å²) in [4.78, 5) is 32.1. The fraction of sp³-hybridized carbons (Fsp3) is 0.556. The normalized spacial score (nSPS) is 22.2. The SMILES string of the molecule is Cc1cc(C)c(CN2CCc3c(Cl)c4c(c(C)c3C2=O)OC(C)(C2CCN(CC(F)(F)F)CC2)O4)c(=O)[nH]1. The van der Waals surface area contributed by atoms with E-state index in [-0.39, 0.29) is 37.0 Å². The lowest BCUT2D eigenvalue weighted by molar-refractivity contribution is -0.159. The number of likely N-dealkylation sites (tertiary alicyclic amines) is 1. The molecule has 1 fully saturated rings. The Kier molecular flexibility index (Phi) is 6.70. The number of H-pyrrole nitrogens is 1. The van der Waals surface area contributed by atoms with Crippen LogP contribution in [0.1, 0.15) is 58.1 Å². The zero-order valence-electron chi connectivity index (χ0n) is 21.9. The molecule has 1 N–H and O–H groups in total. The summed E-state index contributed by atoms with van der Waals surface area (Å²) in [6.07, 6.45) is -2.78. The van der Waals surface area contributed by atoms with Crippen LogP contribution in [0.15, 0.2) is 10.9 Å². The fourth-order valence-corrected chi connectivity index (χ4v) is 6.30. The Balaban J connectivity index is 1.38. The van der Waals surface area contributed by atoms with E-state index in [4.69, 9.17) is 21.1 Å². The largest absolute Gasteiger partial charge is 0.448 e. The number of halogens is 4. The standard InChI is InChI=1S/C27H31ClF3N3O4/c1-14-11-15(2)32-24(35)19(14)12-34-10-7-18-20(25(34)36)16(3)22-23(21(18)28)38-26(4,37-22)17-5-8-33(9-6-17)13-27(29,30)31/h11,17H,5-10,12-13H2,1-4H3,(H,32,35). The lowest BCUT2D eigenvalue weighted by Crippen LogP contribution is -2.49. The van der Waals surface area contributed by atoms with Crippen molar-refractivity contribution in [3.05, 3.63) is 55.0 Å². The van der Waals surface area contributed by atoms with Crippen molar-refractivity contribution in [2.24, 2.45) is 5.92 Å². The number of carbonyl (C=O) groups is 1. The summed E-state index contributed by atoms with van der Waals surface area (Å²) in [5.74, 6) is -0.690. The van der Waals surface area contributed by atoms with Crippen LogP contribution in [-0.4, -0.2) is 58.8 Å². The lowest BCUT2D eigenvalue weighted by atomic mass is 9.89. The van der Waals surface area contributed by atoms with Gasteiger partial charge in [-0.1, -0.05) is 11.6 Å². The number of rotatable bonds is 4. The van der Waals surface area contributed by atoms with Gasteiger partial charge in [0.2, 0.25) is 0 Å². The van der Waals surface area contributed by atoms with Gasteiger partial charge in [-0.05, 0) is 70.3 Å². The molecule has 3 aliphatic rings. The van der Waals surface area contributed by atoms with Crippen molar-refractivity contribution in [1.29, 1.82) is 0 Å². The minimum absolute atomic E-state index is 0.143. The maximum atomic E-state index is 13.7. The van der Waals surface area contributed by atoms with Gasteiger partial charge in [0.25, 0.3) is 17.3 Å². The first-order valence-corrected chi connectivity index (χ1v) is 13.2. The highest BCUT2D eigenvalue weighted by atomic mass is 35.5. The van der Waals surface area contributed by atoms with Gasteiger partial charge in [-0.2, -0.15) is 13.2 Å². The predicted molar refractivity (Wildman–Crippen MR) is 136 cm³/mol. The van der Waals surface area contributed by atoms with Gasteiger partial charge in [0.1, 0.15) is 0 Å². The molecule has 1 aromatic carbocycles. The smallest absolute Gasteiger partial charge is 0.401 e. The molecule has 0 spiro atoms. The Bertz CT molecular complexity index is 1350. The number of alkyl halides is 3. The van der Waals surface area contributed by atoms with E-state index >= 15 is 0 Å². The van der Waals surface area contributed by atoms with Crippen LogP contribution in [0.3, 0.4) is 0 Å². The van der Waals surface area contributed by atoms with E-state index in [0.717, 1.165) is 11.3 Å². The monoisotopic (exact) mass is 553 g/mol. The highest BCUT2D eigenvalue weighted by Crippen LogP contribution is 2.53. The molecule has 1 amide bonds. The van der Waals surface area contributed by atoms with Gasteiger partial charge in [0.15, 0.2) is 11.5 Å². The topological polar surface area (TPSA) is 74.9 Å². The number of hydrogen-bond donors (Lipinski definition) is 1. The van der Waals surface area contributed by atoms with E-state index in [1.165, 1.54) is 4.90 Å². The molecular weight excluding hydrogens is 523 g/mol. The van der Waals surface area contributed by atoms with Crippen molar-refractivity contribution in [3.63, 3.8) is 0 Å². The number of nitrogens with one attached hydrogen (secondary N) is 1. The third-order valence-corrected chi connectivity index (χ3v) is 8.40. The van der Waals surface area contributed by atoms with Gasteiger partial charge >= 0.3 is 6.18 Å². The average Bonchev–Trinajstić information content (AvgIpc) is 3.19. The summed E-state index contributed by atoms with van der Waals surface area (Å²) in [6, 6.07) is 1.88. The summed E-state index contributed by atoms with van der Waals surface area (Å²) >= 11 is 6.78. The van der Waals surface area contributed by atoms with E-state index in [1.54, 1.807) is 18.7 Å². The molecule has 0 radical (unpaired) electrons. The number of benzene rings is 1. The molecule has 0 bridgehead atoms. The Labute approximate surface area is 223 Å². The zero-order valence-corrected chi connectivity index (χ0v) is 22.6. The Morgan fingerprint density at radius 3 is 2.39 bits per heavy atom. The molecule has 2 aromatic rings. The number of aryl methyl sites for hydroxylation is 2. The molecule has 4 heterocycles. The van der Waals surface area contributed by atoms with Crippen molar-refractivity contribution in [1.82, 2.24) is 14.8 Å². The van der Waals surface area contributed by atoms with Crippen LogP contribution in [-0.2, 0) is 13.0 Å². The molecule has 1 atom stereocenters. The molecular formula is C27H31ClF3N3O4. The fourth-order valence-electron chi connectivity index (χ4n) is 5.98. The number of ether oxygens (including phenoxy) is 2. The lowest BCUT2D eigenvalue weighted by Gasteiger charge is -2.38. The summed E-state index contributed by atoms with van der Waals surface area (Å²) in [5.41, 5.74) is 3.67. The molecule has 11 heteroatoms. The second-order valence-electron chi connectivity index (χ2n) is 10.8. The molecule has 1 unspecified atom stereocenters. The van der Waals surface area contributed by atoms with Crippen molar-refractivity contribution in [2.45, 2.75) is 65.5 Å². The van der Waals surface area contributed by atoms with Gasteiger partial charge in [0.05, 0.1) is 23.7 Å². The van der Waals surface area contributed by atoms with Crippen molar-refractivity contribution in [3.8, 4) is 11.5 Å². The molecule has 1 aromatic heterocycles. The van der Waals surface area contributed by atoms with E-state index in [1.807, 2.05) is 19.9 Å². The van der Waals surface area contributed by atoms with Crippen LogP contribution in [0.25, 0.3) is 0 Å². The summed E-state index contributed by atoms with van der Waals surface area (Å²) in [7, 11) is 0. The number of piperidine rings is 1. The van der Waals surface area contributed by atoms with Gasteiger partial charge in [-0.3, -0.25) is 14.5 Å². The van der Waals surface area contributed by atoms with Gasteiger partial charge in [-0.25, -0.2) is 0 Å². The van der Waals surface area contributed by atoms with Crippen molar-refractivity contribution in [2.75, 3.05) is 26.2 Å². The maximum absolute atomic E-state index is 13.7. The number of fused-ring (bicyclic) bond motifs is 2. The molecule has 0 aliphatic carbocycles. The van der Waals surface area contributed by atoms with Gasteiger partial charge in [0, 0.05) is 36.2 Å². The Morgan fingerprint density at radius 2 is 1.76 bits per heavy atom. The van der Waals surface area contributed by atoms with Gasteiger partial charge in [-0.15, -0.1) is 0 Å². The van der Waals surface area contributed by atoms with Gasteiger partial charge < -0.3 is 19.4 Å². The van der Waals surface area contributed by atoms with Crippen LogP contribution in [0.5, 0.6) is 11.5 Å². The number of aromatic amines is 1. The molecule has 38 heavy (non-hydrogen) atoms. The van der Waals surface area contributed by atoms with Crippen LogP contribution in [0.2, 0.25) is 5.02 Å². The summed E-state index contributed by atoms with van der Waals surface area (Å²) in [6.45, 7) is 7.47. The van der Waals surface area contributed by atoms with E-state index in [0.29, 0.717) is 64.6 Å². The third-order valence-electron chi connectivity index (χ3n) is 8.00. The number of aromatic nitrogens is 1. The molecule has 3 aliphatic heterocycles. The highest BCUT2D eigenvalue weighted by molar-refractivity contribution is 6.34. The Morgan fingerprint density at radius 1 is 1.11 bits per heavy atom. The molecule has 5 rings (SSSR count). The number of nitrogens with zero attached hydrogens (tertiary/aromatic N) is 2. The Hall–Kier alpha value is -2.72. The van der Waals surface area contributed by atoms with Crippen LogP contribution < -0.4 is 15.0 Å². The van der Waals surface area contributed by atoms with E-state index < -0.39 is 18.5 Å². The van der Waals surface area contributed by atoms with E-state index in [2.05, 4.69) is 4.98 Å². The quantitative estimate of drug-likeness (QED) is 0.582. The minimum atomic E-state index is -4.23. The number of carbonyl (C=O) groups excluding carboxylic acids is 1. The summed E-state index contributed by atoms with van der Waals surface area (Å²) in [5, 5.41) is 0.330. The second-order valence-corrected chi connectivity index (χ2v) is 11.1. The minimum Gasteiger partial charge on any atom is -0.448 e. The second kappa shape index (κ2) is 9.48. The molecule has 7 nitrogen and oxygen atoms in total. The zero-order chi connectivity index (χ0) is 27.6. The van der Waals surface area contributed by atoms with Crippen LogP contribution in [0, 0.1) is 26.7 Å².